The van der Waals surface area contributed by atoms with Gasteiger partial charge in [0.1, 0.15) is 5.75 Å². The summed E-state index contributed by atoms with van der Waals surface area (Å²) in [5.41, 5.74) is 3.96. The van der Waals surface area contributed by atoms with Crippen LogP contribution in [0.25, 0.3) is 0 Å². The van der Waals surface area contributed by atoms with Gasteiger partial charge in [-0.05, 0) is 108 Å². The zero-order chi connectivity index (χ0) is 20.1. The van der Waals surface area contributed by atoms with Gasteiger partial charge in [-0.15, -0.1) is 0 Å². The lowest BCUT2D eigenvalue weighted by atomic mass is 9.48. The standard InChI is InChI=1S/C27H34OS/c1-26-17-7-6-8-20(26)11-13-23-24-14-12-21(27(24,2)18-15-25(23)26)16-19-29(28)22-9-4-3-5-10-22/h3-6,8-11,16,23-25H,7,12-15,17-19H2,1-2H3/t23-,24-,25-,26-,27+,29?/m0/s1. The largest absolute Gasteiger partial charge is 0.611 e. The van der Waals surface area contributed by atoms with E-state index in [0.29, 0.717) is 16.6 Å². The molecular weight excluding hydrogens is 372 g/mol. The molecule has 0 spiro atoms. The molecule has 0 amide bonds. The molecule has 2 saturated carbocycles. The van der Waals surface area contributed by atoms with Gasteiger partial charge >= 0.3 is 0 Å². The SMILES string of the molecule is C[C@]12CCC=CC1=CC[C@@H]1[C@@H]2CC[C@]2(C)C(=CC[S+]([O-])c3ccccc3)CC[C@@H]12. The highest BCUT2D eigenvalue weighted by atomic mass is 32.2. The molecule has 4 aliphatic carbocycles. The van der Waals surface area contributed by atoms with Crippen molar-refractivity contribution in [2.75, 3.05) is 5.75 Å². The molecule has 0 heterocycles. The van der Waals surface area contributed by atoms with Crippen LogP contribution in [0, 0.1) is 28.6 Å². The second kappa shape index (κ2) is 7.46. The number of allylic oxidation sites excluding steroid dienone is 5. The Labute approximate surface area is 179 Å². The third-order valence-electron chi connectivity index (χ3n) is 8.99. The van der Waals surface area contributed by atoms with E-state index in [2.05, 4.69) is 38.2 Å². The molecule has 0 aromatic heterocycles. The van der Waals surface area contributed by atoms with Crippen molar-refractivity contribution in [3.8, 4) is 0 Å². The summed E-state index contributed by atoms with van der Waals surface area (Å²) >= 11 is -0.924. The van der Waals surface area contributed by atoms with Crippen LogP contribution in [-0.4, -0.2) is 10.3 Å². The Kier molecular flexibility index (Phi) is 5.07. The summed E-state index contributed by atoms with van der Waals surface area (Å²) in [6.07, 6.45) is 18.8. The third kappa shape index (κ3) is 3.18. The second-order valence-corrected chi connectivity index (χ2v) is 11.7. The molecule has 0 N–H and O–H groups in total. The smallest absolute Gasteiger partial charge is 0.152 e. The van der Waals surface area contributed by atoms with Crippen molar-refractivity contribution in [3.63, 3.8) is 0 Å². The summed E-state index contributed by atoms with van der Waals surface area (Å²) in [5, 5.41) is 0. The Morgan fingerprint density at radius 2 is 1.86 bits per heavy atom. The van der Waals surface area contributed by atoms with E-state index in [1.54, 1.807) is 11.1 Å². The van der Waals surface area contributed by atoms with Gasteiger partial charge < -0.3 is 4.55 Å². The van der Waals surface area contributed by atoms with E-state index in [1.807, 2.05) is 30.3 Å². The van der Waals surface area contributed by atoms with E-state index in [9.17, 15) is 4.55 Å². The summed E-state index contributed by atoms with van der Waals surface area (Å²) in [7, 11) is 0. The molecule has 5 rings (SSSR count). The van der Waals surface area contributed by atoms with Crippen molar-refractivity contribution in [2.45, 2.75) is 63.7 Å². The predicted molar refractivity (Wildman–Crippen MR) is 122 cm³/mol. The van der Waals surface area contributed by atoms with Gasteiger partial charge in [0, 0.05) is 0 Å². The lowest BCUT2D eigenvalue weighted by Crippen LogP contribution is -2.48. The number of benzene rings is 1. The lowest BCUT2D eigenvalue weighted by Gasteiger charge is -2.56. The van der Waals surface area contributed by atoms with Crippen LogP contribution in [0.2, 0.25) is 0 Å². The maximum atomic E-state index is 12.7. The molecule has 4 aliphatic rings. The molecule has 1 aromatic rings. The zero-order valence-electron chi connectivity index (χ0n) is 17.9. The van der Waals surface area contributed by atoms with Crippen LogP contribution in [-0.2, 0) is 11.2 Å². The van der Waals surface area contributed by atoms with Crippen LogP contribution in [0.4, 0.5) is 0 Å². The number of hydrogen-bond donors (Lipinski definition) is 0. The average Bonchev–Trinajstić information content (AvgIpc) is 3.08. The molecule has 0 radical (unpaired) electrons. The third-order valence-corrected chi connectivity index (χ3v) is 10.3. The second-order valence-electron chi connectivity index (χ2n) is 10.2. The van der Waals surface area contributed by atoms with Gasteiger partial charge in [-0.3, -0.25) is 0 Å². The molecule has 6 atom stereocenters. The van der Waals surface area contributed by atoms with Gasteiger partial charge in [-0.25, -0.2) is 0 Å². The first-order valence-electron chi connectivity index (χ1n) is 11.5. The zero-order valence-corrected chi connectivity index (χ0v) is 18.7. The highest BCUT2D eigenvalue weighted by molar-refractivity contribution is 7.91. The van der Waals surface area contributed by atoms with E-state index in [-0.39, 0.29) is 0 Å². The molecule has 1 nitrogen and oxygen atoms in total. The number of hydrogen-bond acceptors (Lipinski definition) is 1. The van der Waals surface area contributed by atoms with Crippen molar-refractivity contribution in [1.29, 1.82) is 0 Å². The molecule has 0 saturated heterocycles. The van der Waals surface area contributed by atoms with Crippen molar-refractivity contribution >= 4 is 11.2 Å². The van der Waals surface area contributed by atoms with Crippen LogP contribution in [0.5, 0.6) is 0 Å². The topological polar surface area (TPSA) is 23.1 Å². The first-order chi connectivity index (χ1) is 14.0. The fourth-order valence-corrected chi connectivity index (χ4v) is 8.33. The fourth-order valence-electron chi connectivity index (χ4n) is 7.33. The monoisotopic (exact) mass is 406 g/mol. The maximum absolute atomic E-state index is 12.7. The predicted octanol–water partition coefficient (Wildman–Crippen LogP) is 6.85. The molecule has 0 bridgehead atoms. The summed E-state index contributed by atoms with van der Waals surface area (Å²) in [4.78, 5) is 0.955. The van der Waals surface area contributed by atoms with Crippen molar-refractivity contribution in [1.82, 2.24) is 0 Å². The van der Waals surface area contributed by atoms with Crippen LogP contribution in [0.1, 0.15) is 58.8 Å². The summed E-state index contributed by atoms with van der Waals surface area (Å²) in [6, 6.07) is 9.95. The van der Waals surface area contributed by atoms with E-state index in [0.717, 1.165) is 22.6 Å². The van der Waals surface area contributed by atoms with Crippen LogP contribution >= 0.6 is 0 Å². The first-order valence-corrected chi connectivity index (χ1v) is 12.8. The Balaban J connectivity index is 1.36. The highest BCUT2D eigenvalue weighted by Crippen LogP contribution is 2.65. The minimum Gasteiger partial charge on any atom is -0.611 e. The average molecular weight is 407 g/mol. The Morgan fingerprint density at radius 1 is 1.07 bits per heavy atom. The normalized spacial score (nSPS) is 40.7. The van der Waals surface area contributed by atoms with Gasteiger partial charge in [-0.2, -0.15) is 0 Å². The minimum absolute atomic E-state index is 0.328. The van der Waals surface area contributed by atoms with Gasteiger partial charge in [0.25, 0.3) is 0 Å². The summed E-state index contributed by atoms with van der Waals surface area (Å²) in [5.74, 6) is 3.16. The molecule has 29 heavy (non-hydrogen) atoms. The maximum Gasteiger partial charge on any atom is 0.152 e. The van der Waals surface area contributed by atoms with Crippen molar-refractivity contribution in [2.24, 2.45) is 28.6 Å². The number of fused-ring (bicyclic) bond motifs is 5. The van der Waals surface area contributed by atoms with Gasteiger partial charge in [-0.1, -0.05) is 55.8 Å². The van der Waals surface area contributed by atoms with E-state index in [1.165, 1.54) is 44.9 Å². The van der Waals surface area contributed by atoms with Crippen LogP contribution in [0.3, 0.4) is 0 Å². The summed E-state index contributed by atoms with van der Waals surface area (Å²) < 4.78 is 12.7. The summed E-state index contributed by atoms with van der Waals surface area (Å²) in [6.45, 7) is 5.08. The molecule has 1 aromatic carbocycles. The van der Waals surface area contributed by atoms with Gasteiger partial charge in [0.05, 0.1) is 0 Å². The van der Waals surface area contributed by atoms with Crippen molar-refractivity contribution in [3.05, 3.63) is 65.8 Å². The molecular formula is C27H34OS. The first kappa shape index (κ1) is 19.7. The molecule has 1 unspecified atom stereocenters. The van der Waals surface area contributed by atoms with E-state index >= 15 is 0 Å². The van der Waals surface area contributed by atoms with Gasteiger partial charge in [0.15, 0.2) is 4.90 Å². The molecule has 154 valence electrons. The molecule has 2 fully saturated rings. The molecule has 0 aliphatic heterocycles. The van der Waals surface area contributed by atoms with Crippen LogP contribution in [0.15, 0.2) is 70.7 Å². The Morgan fingerprint density at radius 3 is 2.69 bits per heavy atom. The molecule has 2 heteroatoms. The number of rotatable bonds is 3. The van der Waals surface area contributed by atoms with E-state index in [4.69, 9.17) is 0 Å². The van der Waals surface area contributed by atoms with E-state index < -0.39 is 11.2 Å². The van der Waals surface area contributed by atoms with Crippen LogP contribution < -0.4 is 0 Å². The van der Waals surface area contributed by atoms with Crippen molar-refractivity contribution < 1.29 is 4.55 Å². The Hall–Kier alpha value is -1.25. The minimum atomic E-state index is -0.924. The quantitative estimate of drug-likeness (QED) is 0.397. The fraction of sp³-hybridized carbons (Fsp3) is 0.556. The Bertz CT molecular complexity index is 853. The van der Waals surface area contributed by atoms with Gasteiger partial charge in [0.2, 0.25) is 0 Å². The lowest BCUT2D eigenvalue weighted by molar-refractivity contribution is -0.00576. The highest BCUT2D eigenvalue weighted by Gasteiger charge is 2.56.